The summed E-state index contributed by atoms with van der Waals surface area (Å²) in [6.45, 7) is 0.474. The second kappa shape index (κ2) is 10.5. The molecule has 3 aromatic carbocycles. The van der Waals surface area contributed by atoms with Gasteiger partial charge in [0.1, 0.15) is 0 Å². The number of nitrogens with two attached hydrogens (primary N) is 1. The maximum Gasteiger partial charge on any atom is 0.262 e. The summed E-state index contributed by atoms with van der Waals surface area (Å²) in [7, 11) is 0. The second-order valence-electron chi connectivity index (χ2n) is 9.06. The first-order valence-electron chi connectivity index (χ1n) is 12.2. The van der Waals surface area contributed by atoms with Crippen LogP contribution in [0.2, 0.25) is 0 Å². The van der Waals surface area contributed by atoms with Crippen molar-refractivity contribution >= 4 is 34.4 Å². The van der Waals surface area contributed by atoms with Gasteiger partial charge in [0.05, 0.1) is 16.7 Å². The highest BCUT2D eigenvalue weighted by molar-refractivity contribution is 7.99. The van der Waals surface area contributed by atoms with Crippen molar-refractivity contribution in [1.82, 2.24) is 9.55 Å². The lowest BCUT2D eigenvalue weighted by Crippen LogP contribution is -2.24. The van der Waals surface area contributed by atoms with Crippen LogP contribution in [0.25, 0.3) is 22.0 Å². The average molecular weight is 498 g/mol. The van der Waals surface area contributed by atoms with Gasteiger partial charge in [-0.05, 0) is 59.7 Å². The molecule has 0 fully saturated rings. The molecule has 0 bridgehead atoms. The Bertz CT molecular complexity index is 1530. The fraction of sp³-hybridized carbons (Fsp3) is 0.241. The molecule has 1 aromatic heterocycles. The van der Waals surface area contributed by atoms with Gasteiger partial charge in [-0.2, -0.15) is 0 Å². The maximum absolute atomic E-state index is 13.2. The zero-order chi connectivity index (χ0) is 25.1. The van der Waals surface area contributed by atoms with Crippen LogP contribution in [0.15, 0.2) is 76.7 Å². The number of hydrogen-bond donors (Lipinski definition) is 1. The number of hydrogen-bond acceptors (Lipinski definition) is 5. The van der Waals surface area contributed by atoms with Crippen LogP contribution in [0.4, 0.5) is 0 Å². The van der Waals surface area contributed by atoms with Crippen LogP contribution in [0.1, 0.15) is 47.2 Å². The molecule has 6 nitrogen and oxygen atoms in total. The zero-order valence-electron chi connectivity index (χ0n) is 19.9. The summed E-state index contributed by atoms with van der Waals surface area (Å²) < 4.78 is 1.66. The Labute approximate surface area is 213 Å². The van der Waals surface area contributed by atoms with Crippen LogP contribution in [0.3, 0.4) is 0 Å². The molecule has 0 saturated carbocycles. The van der Waals surface area contributed by atoms with Crippen LogP contribution in [-0.2, 0) is 17.8 Å². The van der Waals surface area contributed by atoms with Gasteiger partial charge in [0.2, 0.25) is 5.91 Å². The number of primary amides is 1. The largest absolute Gasteiger partial charge is 0.370 e. The number of ketones is 1. The van der Waals surface area contributed by atoms with Crippen LogP contribution in [-0.4, -0.2) is 27.0 Å². The monoisotopic (exact) mass is 497 g/mol. The fourth-order valence-electron chi connectivity index (χ4n) is 4.71. The lowest BCUT2D eigenvalue weighted by atomic mass is 10.0. The van der Waals surface area contributed by atoms with Crippen molar-refractivity contribution < 1.29 is 9.59 Å². The SMILES string of the molecule is NC(=O)CCCCCn1c(SCC(=O)c2ccc3c(c2)-c2ccccc2C3)nc2ccccc2c1=O. The molecule has 1 aliphatic rings. The van der Waals surface area contributed by atoms with Gasteiger partial charge < -0.3 is 5.73 Å². The molecule has 0 saturated heterocycles. The van der Waals surface area contributed by atoms with E-state index in [1.54, 1.807) is 10.6 Å². The Balaban J connectivity index is 1.35. The number of nitrogens with zero attached hydrogens (tertiary/aromatic N) is 2. The number of para-hydroxylation sites is 1. The first-order valence-corrected chi connectivity index (χ1v) is 13.1. The minimum Gasteiger partial charge on any atom is -0.370 e. The Kier molecular flexibility index (Phi) is 7.00. The molecular formula is C29H27N3O3S. The van der Waals surface area contributed by atoms with E-state index in [2.05, 4.69) is 12.1 Å². The lowest BCUT2D eigenvalue weighted by molar-refractivity contribution is -0.118. The molecule has 0 unspecified atom stereocenters. The Hall–Kier alpha value is -3.71. The zero-order valence-corrected chi connectivity index (χ0v) is 20.7. The number of carbonyl (C=O) groups excluding carboxylic acids is 2. The molecule has 0 atom stereocenters. The highest BCUT2D eigenvalue weighted by Crippen LogP contribution is 2.37. The highest BCUT2D eigenvalue weighted by Gasteiger charge is 2.20. The molecule has 1 aliphatic carbocycles. The summed E-state index contributed by atoms with van der Waals surface area (Å²) >= 11 is 1.29. The number of thioether (sulfide) groups is 1. The summed E-state index contributed by atoms with van der Waals surface area (Å²) in [5, 5.41) is 1.09. The molecule has 1 amide bonds. The van der Waals surface area contributed by atoms with Gasteiger partial charge in [-0.15, -0.1) is 0 Å². The van der Waals surface area contributed by atoms with Crippen LogP contribution >= 0.6 is 11.8 Å². The van der Waals surface area contributed by atoms with Gasteiger partial charge in [-0.3, -0.25) is 19.0 Å². The van der Waals surface area contributed by atoms with E-state index in [1.165, 1.54) is 28.5 Å². The number of unbranched alkanes of at least 4 members (excludes halogenated alkanes) is 2. The Morgan fingerprint density at radius 3 is 2.56 bits per heavy atom. The Morgan fingerprint density at radius 1 is 0.917 bits per heavy atom. The highest BCUT2D eigenvalue weighted by atomic mass is 32.2. The van der Waals surface area contributed by atoms with E-state index in [4.69, 9.17) is 10.7 Å². The van der Waals surface area contributed by atoms with Gasteiger partial charge in [0, 0.05) is 18.5 Å². The molecule has 0 spiro atoms. The molecule has 0 aliphatic heterocycles. The van der Waals surface area contributed by atoms with E-state index in [-0.39, 0.29) is 23.0 Å². The normalized spacial score (nSPS) is 11.9. The standard InChI is InChI=1S/C29H27N3O3S/c30-27(34)12-2-1-7-15-32-28(35)23-10-5-6-11-25(23)31-29(32)36-18-26(33)21-14-13-20-16-19-8-3-4-9-22(19)24(20)17-21/h3-6,8-11,13-14,17H,1-2,7,12,15-16,18H2,(H2,30,34). The summed E-state index contributed by atoms with van der Waals surface area (Å²) in [4.78, 5) is 42.1. The number of benzene rings is 3. The van der Waals surface area contributed by atoms with E-state index in [0.717, 1.165) is 24.8 Å². The van der Waals surface area contributed by atoms with Crippen molar-refractivity contribution in [3.05, 3.63) is 93.8 Å². The van der Waals surface area contributed by atoms with E-state index < -0.39 is 0 Å². The third-order valence-corrected chi connectivity index (χ3v) is 7.56. The van der Waals surface area contributed by atoms with Gasteiger partial charge >= 0.3 is 0 Å². The van der Waals surface area contributed by atoms with Crippen molar-refractivity contribution in [2.24, 2.45) is 5.73 Å². The van der Waals surface area contributed by atoms with Gasteiger partial charge in [0.25, 0.3) is 5.56 Å². The molecule has 7 heteroatoms. The van der Waals surface area contributed by atoms with Crippen LogP contribution in [0.5, 0.6) is 0 Å². The second-order valence-corrected chi connectivity index (χ2v) is 10.0. The average Bonchev–Trinajstić information content (AvgIpc) is 3.26. The molecule has 4 aromatic rings. The number of rotatable bonds is 10. The summed E-state index contributed by atoms with van der Waals surface area (Å²) in [5.41, 5.74) is 11.2. The van der Waals surface area contributed by atoms with Crippen molar-refractivity contribution in [2.75, 3.05) is 5.75 Å². The summed E-state index contributed by atoms with van der Waals surface area (Å²) in [6, 6.07) is 21.5. The fourth-order valence-corrected chi connectivity index (χ4v) is 5.63. The van der Waals surface area contributed by atoms with Crippen molar-refractivity contribution in [1.29, 1.82) is 0 Å². The van der Waals surface area contributed by atoms with Crippen molar-refractivity contribution in [3.8, 4) is 11.1 Å². The lowest BCUT2D eigenvalue weighted by Gasteiger charge is -2.13. The molecule has 1 heterocycles. The molecule has 36 heavy (non-hydrogen) atoms. The summed E-state index contributed by atoms with van der Waals surface area (Å²) in [5.74, 6) is -0.126. The topological polar surface area (TPSA) is 95.1 Å². The third-order valence-electron chi connectivity index (χ3n) is 6.58. The number of carbonyl (C=O) groups is 2. The van der Waals surface area contributed by atoms with Gasteiger partial charge in [0.15, 0.2) is 10.9 Å². The van der Waals surface area contributed by atoms with Gasteiger partial charge in [-0.1, -0.05) is 66.7 Å². The molecule has 0 radical (unpaired) electrons. The number of amides is 1. The van der Waals surface area contributed by atoms with E-state index in [1.807, 2.05) is 48.5 Å². The minimum absolute atomic E-state index is 0.00240. The predicted molar refractivity (Wildman–Crippen MR) is 143 cm³/mol. The molecular weight excluding hydrogens is 470 g/mol. The van der Waals surface area contributed by atoms with E-state index in [9.17, 15) is 14.4 Å². The predicted octanol–water partition coefficient (Wildman–Crippen LogP) is 4.99. The Morgan fingerprint density at radius 2 is 1.69 bits per heavy atom. The van der Waals surface area contributed by atoms with Crippen LogP contribution in [0, 0.1) is 0 Å². The summed E-state index contributed by atoms with van der Waals surface area (Å²) in [6.07, 6.45) is 3.42. The first kappa shape index (κ1) is 24.0. The van der Waals surface area contributed by atoms with Crippen LogP contribution < -0.4 is 11.3 Å². The number of fused-ring (bicyclic) bond motifs is 4. The number of aromatic nitrogens is 2. The van der Waals surface area contributed by atoms with Crippen molar-refractivity contribution in [3.63, 3.8) is 0 Å². The maximum atomic E-state index is 13.2. The molecule has 2 N–H and O–H groups in total. The first-order chi connectivity index (χ1) is 17.5. The minimum atomic E-state index is -0.315. The third kappa shape index (κ3) is 4.97. The van der Waals surface area contributed by atoms with Crippen molar-refractivity contribution in [2.45, 2.75) is 43.8 Å². The molecule has 182 valence electrons. The van der Waals surface area contributed by atoms with E-state index in [0.29, 0.717) is 41.0 Å². The number of Topliss-reactive ketones (excluding diaryl/α,β-unsaturated/α-hetero) is 1. The quantitative estimate of drug-likeness (QED) is 0.127. The van der Waals surface area contributed by atoms with E-state index >= 15 is 0 Å². The smallest absolute Gasteiger partial charge is 0.262 e. The molecule has 5 rings (SSSR count). The van der Waals surface area contributed by atoms with Gasteiger partial charge in [-0.25, -0.2) is 4.98 Å².